The van der Waals surface area contributed by atoms with Crippen molar-refractivity contribution in [1.29, 1.82) is 0 Å². The number of hydrogen-bond acceptors (Lipinski definition) is 3. The van der Waals surface area contributed by atoms with E-state index in [0.29, 0.717) is 6.04 Å². The molecule has 104 valence electrons. The molecule has 3 nitrogen and oxygen atoms in total. The number of hydrogen-bond donors (Lipinski definition) is 1. The van der Waals surface area contributed by atoms with Gasteiger partial charge in [0.25, 0.3) is 0 Å². The van der Waals surface area contributed by atoms with Crippen molar-refractivity contribution in [3.63, 3.8) is 0 Å². The summed E-state index contributed by atoms with van der Waals surface area (Å²) in [5.74, 6) is -0.000899. The molecule has 0 bridgehead atoms. The van der Waals surface area contributed by atoms with E-state index in [1.54, 1.807) is 17.4 Å². The maximum atomic E-state index is 10.5. The van der Waals surface area contributed by atoms with Gasteiger partial charge in [0.15, 0.2) is 0 Å². The Morgan fingerprint density at radius 2 is 2.32 bits per heavy atom. The summed E-state index contributed by atoms with van der Waals surface area (Å²) in [6.07, 6.45) is 5.60. The summed E-state index contributed by atoms with van der Waals surface area (Å²) in [7, 11) is 0. The van der Waals surface area contributed by atoms with Gasteiger partial charge in [-0.3, -0.25) is 4.90 Å². The van der Waals surface area contributed by atoms with Crippen LogP contribution in [0.4, 0.5) is 0 Å². The molecule has 1 aromatic rings. The third-order valence-corrected chi connectivity index (χ3v) is 4.31. The minimum Gasteiger partial charge on any atom is -0.478 e. The van der Waals surface area contributed by atoms with Crippen LogP contribution in [0, 0.1) is 5.92 Å². The fourth-order valence-corrected chi connectivity index (χ4v) is 2.90. The van der Waals surface area contributed by atoms with E-state index in [1.165, 1.54) is 30.3 Å². The summed E-state index contributed by atoms with van der Waals surface area (Å²) in [4.78, 5) is 14.3. The minimum absolute atomic E-state index is 0.556. The van der Waals surface area contributed by atoms with Crippen molar-refractivity contribution in [3.05, 3.63) is 28.0 Å². The molecular weight excluding hydrogens is 258 g/mol. The summed E-state index contributed by atoms with van der Waals surface area (Å²) in [5, 5.41) is 10.6. The molecule has 19 heavy (non-hydrogen) atoms. The Bertz CT molecular complexity index is 460. The van der Waals surface area contributed by atoms with Crippen molar-refractivity contribution in [2.75, 3.05) is 6.54 Å². The Morgan fingerprint density at radius 3 is 2.89 bits per heavy atom. The molecular formula is C15H21NO2S. The summed E-state index contributed by atoms with van der Waals surface area (Å²) in [5.41, 5.74) is 0.984. The van der Waals surface area contributed by atoms with E-state index < -0.39 is 5.97 Å². The first-order valence-electron chi connectivity index (χ1n) is 6.77. The molecule has 0 spiro atoms. The molecule has 4 heteroatoms. The molecule has 1 aliphatic carbocycles. The molecule has 2 rings (SSSR count). The third kappa shape index (κ3) is 4.80. The van der Waals surface area contributed by atoms with Crippen LogP contribution < -0.4 is 0 Å². The predicted octanol–water partition coefficient (Wildman–Crippen LogP) is 3.47. The molecule has 1 aromatic heterocycles. The zero-order chi connectivity index (χ0) is 13.8. The number of aliphatic carboxylic acids is 1. The van der Waals surface area contributed by atoms with Crippen molar-refractivity contribution >= 4 is 23.4 Å². The first-order chi connectivity index (χ1) is 9.04. The zero-order valence-electron chi connectivity index (χ0n) is 11.5. The average molecular weight is 279 g/mol. The van der Waals surface area contributed by atoms with E-state index in [-0.39, 0.29) is 0 Å². The van der Waals surface area contributed by atoms with Crippen molar-refractivity contribution in [2.45, 2.75) is 39.3 Å². The van der Waals surface area contributed by atoms with Gasteiger partial charge in [-0.25, -0.2) is 4.79 Å². The number of carbonyl (C=O) groups is 1. The van der Waals surface area contributed by atoms with Gasteiger partial charge < -0.3 is 5.11 Å². The van der Waals surface area contributed by atoms with Gasteiger partial charge in [-0.05, 0) is 55.7 Å². The molecule has 0 saturated heterocycles. The van der Waals surface area contributed by atoms with Crippen LogP contribution in [0.5, 0.6) is 0 Å². The van der Waals surface area contributed by atoms with Crippen LogP contribution in [0.15, 0.2) is 17.5 Å². The monoisotopic (exact) mass is 279 g/mol. The van der Waals surface area contributed by atoms with Crippen LogP contribution in [0.3, 0.4) is 0 Å². The van der Waals surface area contributed by atoms with Crippen LogP contribution in [0.1, 0.15) is 37.1 Å². The standard InChI is InChI=1S/C15H21NO2S/c1-11(2)16(8-12-3-4-12)9-14-7-13(10-19-14)5-6-15(17)18/h5-7,10-12H,3-4,8-9H2,1-2H3,(H,17,18). The molecule has 0 aliphatic heterocycles. The van der Waals surface area contributed by atoms with Gasteiger partial charge in [0, 0.05) is 30.1 Å². The van der Waals surface area contributed by atoms with Gasteiger partial charge in [0.05, 0.1) is 0 Å². The fourth-order valence-electron chi connectivity index (χ4n) is 2.03. The fraction of sp³-hybridized carbons (Fsp3) is 0.533. The Labute approximate surface area is 118 Å². The normalized spacial score (nSPS) is 15.8. The lowest BCUT2D eigenvalue weighted by Crippen LogP contribution is -2.31. The molecule has 1 N–H and O–H groups in total. The maximum Gasteiger partial charge on any atom is 0.328 e. The molecule has 0 atom stereocenters. The summed E-state index contributed by atoms with van der Waals surface area (Å²) in [6.45, 7) is 6.64. The Kier molecular flexibility index (Phi) is 4.77. The molecule has 0 amide bonds. The molecule has 0 aromatic carbocycles. The highest BCUT2D eigenvalue weighted by Gasteiger charge is 2.25. The van der Waals surface area contributed by atoms with Gasteiger partial charge in [-0.2, -0.15) is 0 Å². The molecule has 1 fully saturated rings. The topological polar surface area (TPSA) is 40.5 Å². The SMILES string of the molecule is CC(C)N(Cc1cc(C=CC(=O)O)cs1)CC1CC1. The molecule has 0 radical (unpaired) electrons. The Morgan fingerprint density at radius 1 is 1.58 bits per heavy atom. The molecule has 0 unspecified atom stereocenters. The highest BCUT2D eigenvalue weighted by Crippen LogP contribution is 2.31. The van der Waals surface area contributed by atoms with E-state index in [0.717, 1.165) is 18.0 Å². The van der Waals surface area contributed by atoms with Gasteiger partial charge in [-0.15, -0.1) is 11.3 Å². The number of rotatable bonds is 7. The lowest BCUT2D eigenvalue weighted by Gasteiger charge is -2.25. The Balaban J connectivity index is 1.94. The van der Waals surface area contributed by atoms with E-state index >= 15 is 0 Å². The van der Waals surface area contributed by atoms with Crippen LogP contribution in [-0.4, -0.2) is 28.6 Å². The van der Waals surface area contributed by atoms with Gasteiger partial charge in [0.2, 0.25) is 0 Å². The van der Waals surface area contributed by atoms with E-state index in [1.807, 2.05) is 5.38 Å². The number of carboxylic acids is 1. The average Bonchev–Trinajstić information content (AvgIpc) is 3.04. The van der Waals surface area contributed by atoms with E-state index in [2.05, 4.69) is 24.8 Å². The second kappa shape index (κ2) is 6.35. The lowest BCUT2D eigenvalue weighted by molar-refractivity contribution is -0.131. The molecule has 1 heterocycles. The predicted molar refractivity (Wildman–Crippen MR) is 79.3 cm³/mol. The highest BCUT2D eigenvalue weighted by molar-refractivity contribution is 7.10. The zero-order valence-corrected chi connectivity index (χ0v) is 12.3. The first kappa shape index (κ1) is 14.3. The summed E-state index contributed by atoms with van der Waals surface area (Å²) >= 11 is 1.71. The van der Waals surface area contributed by atoms with Crippen LogP contribution in [0.25, 0.3) is 6.08 Å². The van der Waals surface area contributed by atoms with Crippen molar-refractivity contribution in [2.24, 2.45) is 5.92 Å². The van der Waals surface area contributed by atoms with Crippen molar-refractivity contribution < 1.29 is 9.90 Å². The largest absolute Gasteiger partial charge is 0.478 e. The second-order valence-electron chi connectivity index (χ2n) is 5.48. The molecule has 1 saturated carbocycles. The molecule has 1 aliphatic rings. The number of carboxylic acid groups (broad SMARTS) is 1. The minimum atomic E-state index is -0.898. The van der Waals surface area contributed by atoms with Gasteiger partial charge in [0.1, 0.15) is 0 Å². The smallest absolute Gasteiger partial charge is 0.328 e. The summed E-state index contributed by atoms with van der Waals surface area (Å²) in [6, 6.07) is 2.65. The van der Waals surface area contributed by atoms with E-state index in [9.17, 15) is 4.79 Å². The highest BCUT2D eigenvalue weighted by atomic mass is 32.1. The van der Waals surface area contributed by atoms with Crippen molar-refractivity contribution in [1.82, 2.24) is 4.90 Å². The lowest BCUT2D eigenvalue weighted by atomic mass is 10.2. The summed E-state index contributed by atoms with van der Waals surface area (Å²) < 4.78 is 0. The van der Waals surface area contributed by atoms with Crippen LogP contribution in [-0.2, 0) is 11.3 Å². The number of nitrogens with zero attached hydrogens (tertiary/aromatic N) is 1. The van der Waals surface area contributed by atoms with Gasteiger partial charge in [-0.1, -0.05) is 0 Å². The van der Waals surface area contributed by atoms with Crippen LogP contribution >= 0.6 is 11.3 Å². The Hall–Kier alpha value is -1.13. The van der Waals surface area contributed by atoms with E-state index in [4.69, 9.17) is 5.11 Å². The first-order valence-corrected chi connectivity index (χ1v) is 7.65. The quantitative estimate of drug-likeness (QED) is 0.777. The third-order valence-electron chi connectivity index (χ3n) is 3.37. The van der Waals surface area contributed by atoms with Crippen molar-refractivity contribution in [3.8, 4) is 0 Å². The van der Waals surface area contributed by atoms with Gasteiger partial charge >= 0.3 is 5.97 Å². The number of thiophene rings is 1. The maximum absolute atomic E-state index is 10.5. The second-order valence-corrected chi connectivity index (χ2v) is 6.48. The van der Waals surface area contributed by atoms with Crippen LogP contribution in [0.2, 0.25) is 0 Å².